The van der Waals surface area contributed by atoms with E-state index in [9.17, 15) is 9.59 Å². The van der Waals surface area contributed by atoms with Gasteiger partial charge in [0.25, 0.3) is 5.91 Å². The number of carbonyl (C=O) groups is 2. The zero-order chi connectivity index (χ0) is 18.5. The molecule has 0 aliphatic carbocycles. The van der Waals surface area contributed by atoms with Gasteiger partial charge in [0, 0.05) is 18.7 Å². The van der Waals surface area contributed by atoms with Gasteiger partial charge in [-0.25, -0.2) is 0 Å². The van der Waals surface area contributed by atoms with Crippen molar-refractivity contribution in [2.24, 2.45) is 0 Å². The fourth-order valence-corrected chi connectivity index (χ4v) is 3.46. The summed E-state index contributed by atoms with van der Waals surface area (Å²) < 4.78 is 5.20. The van der Waals surface area contributed by atoms with E-state index in [2.05, 4.69) is 12.1 Å². The van der Waals surface area contributed by atoms with Gasteiger partial charge in [0.2, 0.25) is 0 Å². The van der Waals surface area contributed by atoms with Crippen LogP contribution in [0.15, 0.2) is 48.5 Å². The molecule has 3 rings (SSSR count). The number of carboxylic acids is 1. The van der Waals surface area contributed by atoms with Gasteiger partial charge in [-0.05, 0) is 54.2 Å². The van der Waals surface area contributed by atoms with Crippen LogP contribution in [-0.4, -0.2) is 42.1 Å². The monoisotopic (exact) mass is 353 g/mol. The summed E-state index contributed by atoms with van der Waals surface area (Å²) in [6, 6.07) is 15.1. The number of methoxy groups -OCH3 is 1. The number of likely N-dealkylation sites (tertiary alicyclic amines) is 1. The van der Waals surface area contributed by atoms with Crippen LogP contribution in [-0.2, 0) is 11.2 Å². The molecular weight excluding hydrogens is 330 g/mol. The third kappa shape index (κ3) is 4.23. The minimum absolute atomic E-state index is 0.0228. The molecule has 0 unspecified atom stereocenters. The maximum atomic E-state index is 12.7. The van der Waals surface area contributed by atoms with Crippen molar-refractivity contribution in [3.63, 3.8) is 0 Å². The van der Waals surface area contributed by atoms with E-state index in [1.807, 2.05) is 17.0 Å². The summed E-state index contributed by atoms with van der Waals surface area (Å²) in [6.07, 6.45) is 1.78. The maximum Gasteiger partial charge on any atom is 0.307 e. The lowest BCUT2D eigenvalue weighted by molar-refractivity contribution is -0.136. The molecule has 1 aliphatic rings. The van der Waals surface area contributed by atoms with Crippen molar-refractivity contribution in [1.29, 1.82) is 0 Å². The van der Waals surface area contributed by atoms with E-state index in [0.29, 0.717) is 30.1 Å². The fourth-order valence-electron chi connectivity index (χ4n) is 3.46. The summed E-state index contributed by atoms with van der Waals surface area (Å²) in [5, 5.41) is 8.91. The van der Waals surface area contributed by atoms with E-state index in [4.69, 9.17) is 9.84 Å². The highest BCUT2D eigenvalue weighted by atomic mass is 16.5. The molecule has 1 aliphatic heterocycles. The summed E-state index contributed by atoms with van der Waals surface area (Å²) >= 11 is 0. The largest absolute Gasteiger partial charge is 0.497 e. The van der Waals surface area contributed by atoms with Gasteiger partial charge < -0.3 is 14.7 Å². The second kappa shape index (κ2) is 8.04. The van der Waals surface area contributed by atoms with Gasteiger partial charge in [-0.1, -0.05) is 24.3 Å². The lowest BCUT2D eigenvalue weighted by Gasteiger charge is -2.32. The first-order chi connectivity index (χ1) is 12.6. The van der Waals surface area contributed by atoms with Gasteiger partial charge in [0.1, 0.15) is 5.75 Å². The van der Waals surface area contributed by atoms with Crippen LogP contribution in [0.1, 0.15) is 40.2 Å². The quantitative estimate of drug-likeness (QED) is 0.895. The van der Waals surface area contributed by atoms with Crippen LogP contribution >= 0.6 is 0 Å². The molecule has 1 amide bonds. The van der Waals surface area contributed by atoms with Gasteiger partial charge in [-0.15, -0.1) is 0 Å². The Labute approximate surface area is 153 Å². The molecule has 1 N–H and O–H groups in total. The number of aliphatic carboxylic acids is 1. The molecule has 0 radical (unpaired) electrons. The van der Waals surface area contributed by atoms with Crippen molar-refractivity contribution in [3.8, 4) is 5.75 Å². The number of hydrogen-bond donors (Lipinski definition) is 1. The van der Waals surface area contributed by atoms with Crippen LogP contribution in [0.4, 0.5) is 0 Å². The molecule has 2 aromatic carbocycles. The number of amides is 1. The Balaban J connectivity index is 1.62. The zero-order valence-electron chi connectivity index (χ0n) is 14.9. The predicted molar refractivity (Wildman–Crippen MR) is 98.7 cm³/mol. The molecule has 0 aromatic heterocycles. The van der Waals surface area contributed by atoms with E-state index < -0.39 is 5.97 Å². The molecule has 1 heterocycles. The van der Waals surface area contributed by atoms with Gasteiger partial charge in [-0.2, -0.15) is 0 Å². The van der Waals surface area contributed by atoms with Gasteiger partial charge >= 0.3 is 5.97 Å². The highest BCUT2D eigenvalue weighted by Gasteiger charge is 2.24. The average Bonchev–Trinajstić information content (AvgIpc) is 2.67. The van der Waals surface area contributed by atoms with Crippen LogP contribution in [0, 0.1) is 0 Å². The van der Waals surface area contributed by atoms with Crippen molar-refractivity contribution >= 4 is 11.9 Å². The summed E-state index contributed by atoms with van der Waals surface area (Å²) in [4.78, 5) is 25.4. The Morgan fingerprint density at radius 1 is 1.12 bits per heavy atom. The van der Waals surface area contributed by atoms with E-state index in [0.717, 1.165) is 18.6 Å². The van der Waals surface area contributed by atoms with E-state index in [-0.39, 0.29) is 12.3 Å². The van der Waals surface area contributed by atoms with Gasteiger partial charge in [0.05, 0.1) is 13.5 Å². The third-order valence-corrected chi connectivity index (χ3v) is 4.90. The smallest absolute Gasteiger partial charge is 0.307 e. The minimum atomic E-state index is -0.894. The number of piperidine rings is 1. The van der Waals surface area contributed by atoms with Crippen LogP contribution in [0.5, 0.6) is 5.75 Å². The highest BCUT2D eigenvalue weighted by Crippen LogP contribution is 2.29. The van der Waals surface area contributed by atoms with Crippen molar-refractivity contribution in [3.05, 3.63) is 65.2 Å². The Morgan fingerprint density at radius 2 is 1.81 bits per heavy atom. The Kier molecular flexibility index (Phi) is 5.56. The second-order valence-corrected chi connectivity index (χ2v) is 6.61. The Bertz CT molecular complexity index is 777. The second-order valence-electron chi connectivity index (χ2n) is 6.61. The lowest BCUT2D eigenvalue weighted by atomic mass is 9.89. The summed E-state index contributed by atoms with van der Waals surface area (Å²) in [7, 11) is 1.66. The first kappa shape index (κ1) is 18.0. The maximum absolute atomic E-state index is 12.7. The zero-order valence-corrected chi connectivity index (χ0v) is 14.9. The SMILES string of the molecule is COc1ccc(C2CCN(C(=O)c3cccc(CC(=O)O)c3)CC2)cc1. The first-order valence-electron chi connectivity index (χ1n) is 8.81. The number of hydrogen-bond acceptors (Lipinski definition) is 3. The van der Waals surface area contributed by atoms with Crippen molar-refractivity contribution < 1.29 is 19.4 Å². The van der Waals surface area contributed by atoms with Crippen molar-refractivity contribution in [2.75, 3.05) is 20.2 Å². The molecule has 1 saturated heterocycles. The number of rotatable bonds is 5. The molecular formula is C21H23NO4. The van der Waals surface area contributed by atoms with Crippen molar-refractivity contribution in [2.45, 2.75) is 25.2 Å². The van der Waals surface area contributed by atoms with Crippen molar-refractivity contribution in [1.82, 2.24) is 4.90 Å². The number of carbonyl (C=O) groups excluding carboxylic acids is 1. The average molecular weight is 353 g/mol. The minimum Gasteiger partial charge on any atom is -0.497 e. The fraction of sp³-hybridized carbons (Fsp3) is 0.333. The molecule has 5 heteroatoms. The topological polar surface area (TPSA) is 66.8 Å². The molecule has 136 valence electrons. The summed E-state index contributed by atoms with van der Waals surface area (Å²) in [5.41, 5.74) is 2.49. The van der Waals surface area contributed by atoms with E-state index in [1.54, 1.807) is 31.4 Å². The van der Waals surface area contributed by atoms with Crippen LogP contribution < -0.4 is 4.74 Å². The van der Waals surface area contributed by atoms with Crippen LogP contribution in [0.2, 0.25) is 0 Å². The normalized spacial score (nSPS) is 14.9. The Hall–Kier alpha value is -2.82. The third-order valence-electron chi connectivity index (χ3n) is 4.90. The van der Waals surface area contributed by atoms with Crippen LogP contribution in [0.25, 0.3) is 0 Å². The van der Waals surface area contributed by atoms with E-state index in [1.165, 1.54) is 5.56 Å². The van der Waals surface area contributed by atoms with Gasteiger partial charge in [-0.3, -0.25) is 9.59 Å². The number of ether oxygens (including phenoxy) is 1. The number of nitrogens with zero attached hydrogens (tertiary/aromatic N) is 1. The van der Waals surface area contributed by atoms with E-state index >= 15 is 0 Å². The molecule has 5 nitrogen and oxygen atoms in total. The predicted octanol–water partition coefficient (Wildman–Crippen LogP) is 3.34. The highest BCUT2D eigenvalue weighted by molar-refractivity contribution is 5.94. The standard InChI is InChI=1S/C21H23NO4/c1-26-19-7-5-16(6-8-19)17-9-11-22(12-10-17)21(25)18-4-2-3-15(13-18)14-20(23)24/h2-8,13,17H,9-12,14H2,1H3,(H,23,24). The van der Waals surface area contributed by atoms with Crippen LogP contribution in [0.3, 0.4) is 0 Å². The number of carboxylic acid groups (broad SMARTS) is 1. The number of benzene rings is 2. The van der Waals surface area contributed by atoms with Gasteiger partial charge in [0.15, 0.2) is 0 Å². The molecule has 0 spiro atoms. The molecule has 0 bridgehead atoms. The molecule has 1 fully saturated rings. The molecule has 2 aromatic rings. The molecule has 0 saturated carbocycles. The first-order valence-corrected chi connectivity index (χ1v) is 8.81. The molecule has 0 atom stereocenters. The molecule has 26 heavy (non-hydrogen) atoms. The summed E-state index contributed by atoms with van der Waals surface area (Å²) in [6.45, 7) is 1.41. The Morgan fingerprint density at radius 3 is 2.42 bits per heavy atom. The lowest BCUT2D eigenvalue weighted by Crippen LogP contribution is -2.38. The summed E-state index contributed by atoms with van der Waals surface area (Å²) in [5.74, 6) is 0.381.